The second-order valence-electron chi connectivity index (χ2n) is 4.11. The Bertz CT molecular complexity index is 693. The Morgan fingerprint density at radius 2 is 2.20 bits per heavy atom. The second-order valence-corrected chi connectivity index (χ2v) is 6.60. The minimum atomic E-state index is -0.509. The zero-order chi connectivity index (χ0) is 14.7. The van der Waals surface area contributed by atoms with Crippen LogP contribution < -0.4 is 5.32 Å². The number of anilines is 1. The topological polar surface area (TPSA) is 79.0 Å². The molecule has 102 valence electrons. The third-order valence-electron chi connectivity index (χ3n) is 2.73. The number of nitro groups is 1. The van der Waals surface area contributed by atoms with Crippen LogP contribution in [0.1, 0.15) is 23.4 Å². The summed E-state index contributed by atoms with van der Waals surface area (Å²) in [4.78, 5) is 11.3. The molecule has 20 heavy (non-hydrogen) atoms. The van der Waals surface area contributed by atoms with Gasteiger partial charge in [-0.2, -0.15) is 5.26 Å². The van der Waals surface area contributed by atoms with Gasteiger partial charge in [0.2, 0.25) is 0 Å². The molecule has 1 aromatic heterocycles. The highest BCUT2D eigenvalue weighted by Gasteiger charge is 2.14. The fourth-order valence-electron chi connectivity index (χ4n) is 1.73. The van der Waals surface area contributed by atoms with Crippen molar-refractivity contribution in [3.05, 3.63) is 54.7 Å². The maximum absolute atomic E-state index is 10.7. The molecule has 0 fully saturated rings. The summed E-state index contributed by atoms with van der Waals surface area (Å²) in [5.74, 6) is 0. The van der Waals surface area contributed by atoms with Gasteiger partial charge in [0.05, 0.1) is 26.0 Å². The van der Waals surface area contributed by atoms with Crippen molar-refractivity contribution in [3.63, 3.8) is 0 Å². The van der Waals surface area contributed by atoms with Gasteiger partial charge in [0.15, 0.2) is 0 Å². The first-order valence-corrected chi connectivity index (χ1v) is 7.32. The minimum absolute atomic E-state index is 0.0138. The molecule has 0 bridgehead atoms. The highest BCUT2D eigenvalue weighted by atomic mass is 79.9. The first-order chi connectivity index (χ1) is 9.51. The molecule has 0 aliphatic carbocycles. The number of nitrogens with zero attached hydrogens (tertiary/aromatic N) is 2. The van der Waals surface area contributed by atoms with Gasteiger partial charge in [-0.1, -0.05) is 0 Å². The molecule has 0 amide bonds. The number of halogens is 1. The van der Waals surface area contributed by atoms with Crippen molar-refractivity contribution in [2.24, 2.45) is 0 Å². The predicted octanol–water partition coefficient (Wildman–Crippen LogP) is 4.46. The Balaban J connectivity index is 2.25. The van der Waals surface area contributed by atoms with Crippen molar-refractivity contribution in [1.29, 1.82) is 5.26 Å². The summed E-state index contributed by atoms with van der Waals surface area (Å²) < 4.78 is 1.03. The quantitative estimate of drug-likeness (QED) is 0.651. The molecule has 0 aliphatic rings. The molecular formula is C13H10BrN3O2S. The van der Waals surface area contributed by atoms with E-state index in [1.54, 1.807) is 17.4 Å². The summed E-state index contributed by atoms with van der Waals surface area (Å²) in [5.41, 5.74) is 0.774. The normalized spacial score (nSPS) is 11.7. The minimum Gasteiger partial charge on any atom is -0.377 e. The van der Waals surface area contributed by atoms with E-state index in [2.05, 4.69) is 21.2 Å². The van der Waals surface area contributed by atoms with E-state index < -0.39 is 4.92 Å². The fraction of sp³-hybridized carbons (Fsp3) is 0.154. The molecule has 2 aromatic rings. The molecule has 0 saturated carbocycles. The molecular weight excluding hydrogens is 342 g/mol. The predicted molar refractivity (Wildman–Crippen MR) is 81.9 cm³/mol. The van der Waals surface area contributed by atoms with E-state index >= 15 is 0 Å². The Morgan fingerprint density at radius 3 is 2.75 bits per heavy atom. The summed E-state index contributed by atoms with van der Waals surface area (Å²) in [6.45, 7) is 1.97. The molecule has 1 N–H and O–H groups in total. The van der Waals surface area contributed by atoms with Crippen molar-refractivity contribution in [2.45, 2.75) is 13.0 Å². The standard InChI is InChI=1S/C13H10BrN3O2S/c1-8(12-4-5-13(14)20-12)16-11-3-2-10(17(18)19)6-9(11)7-15/h2-6,8,16H,1H3. The van der Waals surface area contributed by atoms with E-state index in [9.17, 15) is 10.1 Å². The van der Waals surface area contributed by atoms with Crippen molar-refractivity contribution in [2.75, 3.05) is 5.32 Å². The van der Waals surface area contributed by atoms with Gasteiger partial charge >= 0.3 is 0 Å². The fourth-order valence-corrected chi connectivity index (χ4v) is 3.16. The molecule has 0 aliphatic heterocycles. The Labute approximate surface area is 128 Å². The van der Waals surface area contributed by atoms with Crippen molar-refractivity contribution in [1.82, 2.24) is 0 Å². The third-order valence-corrected chi connectivity index (χ3v) is 4.53. The van der Waals surface area contributed by atoms with Crippen LogP contribution in [-0.4, -0.2) is 4.92 Å². The molecule has 5 nitrogen and oxygen atoms in total. The Hall–Kier alpha value is -1.91. The van der Waals surface area contributed by atoms with Gasteiger partial charge in [0, 0.05) is 17.0 Å². The lowest BCUT2D eigenvalue weighted by atomic mass is 10.1. The van der Waals surface area contributed by atoms with Crippen LogP contribution in [0.5, 0.6) is 0 Å². The van der Waals surface area contributed by atoms with Gasteiger partial charge in [-0.25, -0.2) is 0 Å². The van der Waals surface area contributed by atoms with E-state index in [4.69, 9.17) is 5.26 Å². The number of non-ortho nitro benzene ring substituents is 1. The van der Waals surface area contributed by atoms with E-state index in [0.29, 0.717) is 5.69 Å². The van der Waals surface area contributed by atoms with Crippen molar-refractivity contribution < 1.29 is 4.92 Å². The van der Waals surface area contributed by atoms with Crippen LogP contribution in [0.2, 0.25) is 0 Å². The van der Waals surface area contributed by atoms with Crippen LogP contribution in [0, 0.1) is 21.4 Å². The summed E-state index contributed by atoms with van der Waals surface area (Å²) in [7, 11) is 0. The molecule has 1 atom stereocenters. The van der Waals surface area contributed by atoms with E-state index in [0.717, 1.165) is 8.66 Å². The monoisotopic (exact) mass is 351 g/mol. The number of nitriles is 1. The summed E-state index contributed by atoms with van der Waals surface area (Å²) in [6, 6.07) is 10.2. The summed E-state index contributed by atoms with van der Waals surface area (Å²) >= 11 is 5.00. The molecule has 1 unspecified atom stereocenters. The highest BCUT2D eigenvalue weighted by molar-refractivity contribution is 9.11. The van der Waals surface area contributed by atoms with Gasteiger partial charge < -0.3 is 5.32 Å². The van der Waals surface area contributed by atoms with Crippen LogP contribution >= 0.6 is 27.3 Å². The lowest BCUT2D eigenvalue weighted by Crippen LogP contribution is -2.06. The Morgan fingerprint density at radius 1 is 1.45 bits per heavy atom. The van der Waals surface area contributed by atoms with Gasteiger partial charge in [-0.3, -0.25) is 10.1 Å². The smallest absolute Gasteiger partial charge is 0.270 e. The van der Waals surface area contributed by atoms with Gasteiger partial charge in [0.1, 0.15) is 6.07 Å². The number of nitrogens with one attached hydrogen (secondary N) is 1. The van der Waals surface area contributed by atoms with Gasteiger partial charge in [0.25, 0.3) is 5.69 Å². The van der Waals surface area contributed by atoms with Gasteiger partial charge in [-0.05, 0) is 41.1 Å². The van der Waals surface area contributed by atoms with Crippen molar-refractivity contribution in [3.8, 4) is 6.07 Å². The average Bonchev–Trinajstić information content (AvgIpc) is 2.85. The molecule has 1 heterocycles. The number of hydrogen-bond acceptors (Lipinski definition) is 5. The number of hydrogen-bond donors (Lipinski definition) is 1. The number of nitro benzene ring substituents is 1. The average molecular weight is 352 g/mol. The van der Waals surface area contributed by atoms with E-state index in [1.807, 2.05) is 25.1 Å². The number of rotatable bonds is 4. The molecule has 7 heteroatoms. The van der Waals surface area contributed by atoms with Crippen LogP contribution in [0.25, 0.3) is 0 Å². The Kier molecular flexibility index (Phi) is 4.37. The lowest BCUT2D eigenvalue weighted by molar-refractivity contribution is -0.384. The zero-order valence-corrected chi connectivity index (χ0v) is 12.9. The highest BCUT2D eigenvalue weighted by Crippen LogP contribution is 2.31. The molecule has 2 rings (SSSR count). The van der Waals surface area contributed by atoms with E-state index in [1.165, 1.54) is 12.1 Å². The lowest BCUT2D eigenvalue weighted by Gasteiger charge is -2.14. The largest absolute Gasteiger partial charge is 0.377 e. The molecule has 1 aromatic carbocycles. The van der Waals surface area contributed by atoms with Crippen LogP contribution in [-0.2, 0) is 0 Å². The molecule has 0 spiro atoms. The van der Waals surface area contributed by atoms with Crippen LogP contribution in [0.3, 0.4) is 0 Å². The third kappa shape index (κ3) is 3.15. The molecule has 0 saturated heterocycles. The maximum atomic E-state index is 10.7. The van der Waals surface area contributed by atoms with Crippen LogP contribution in [0.15, 0.2) is 34.1 Å². The summed E-state index contributed by atoms with van der Waals surface area (Å²) in [6.07, 6.45) is 0. The zero-order valence-electron chi connectivity index (χ0n) is 10.5. The maximum Gasteiger partial charge on any atom is 0.270 e. The molecule has 0 radical (unpaired) electrons. The number of benzene rings is 1. The van der Waals surface area contributed by atoms with E-state index in [-0.39, 0.29) is 17.3 Å². The van der Waals surface area contributed by atoms with Crippen molar-refractivity contribution >= 4 is 38.6 Å². The first kappa shape index (κ1) is 14.5. The summed E-state index contributed by atoms with van der Waals surface area (Å²) in [5, 5.41) is 23.0. The first-order valence-electron chi connectivity index (χ1n) is 5.71. The SMILES string of the molecule is CC(Nc1ccc([N+](=O)[O-])cc1C#N)c1ccc(Br)s1. The van der Waals surface area contributed by atoms with Gasteiger partial charge in [-0.15, -0.1) is 11.3 Å². The van der Waals surface area contributed by atoms with Crippen LogP contribution in [0.4, 0.5) is 11.4 Å². The number of thiophene rings is 1. The second kappa shape index (κ2) is 6.03.